The summed E-state index contributed by atoms with van der Waals surface area (Å²) in [6.45, 7) is 3.02. The number of hydrogen-bond donors (Lipinski definition) is 0. The highest BCUT2D eigenvalue weighted by molar-refractivity contribution is 6.19. The van der Waals surface area contributed by atoms with Gasteiger partial charge in [0, 0.05) is 24.1 Å². The number of carbonyl (C=O) groups is 3. The molecule has 0 radical (unpaired) electrons. The molecule has 2 aromatic rings. The number of anilines is 1. The summed E-state index contributed by atoms with van der Waals surface area (Å²) in [4.78, 5) is 40.5. The normalized spacial score (nSPS) is 17.7. The third kappa shape index (κ3) is 3.42. The second kappa shape index (κ2) is 8.61. The van der Waals surface area contributed by atoms with E-state index < -0.39 is 40.9 Å². The smallest absolute Gasteiger partial charge is 0.344 e. The average Bonchev–Trinajstić information content (AvgIpc) is 3.05. The Labute approximate surface area is 172 Å². The highest BCUT2D eigenvalue weighted by atomic mass is 19.2. The predicted molar refractivity (Wildman–Crippen MR) is 104 cm³/mol. The van der Waals surface area contributed by atoms with Gasteiger partial charge in [-0.3, -0.25) is 9.69 Å². The van der Waals surface area contributed by atoms with E-state index in [0.29, 0.717) is 5.56 Å². The highest BCUT2D eigenvalue weighted by Crippen LogP contribution is 2.47. The molecule has 1 heterocycles. The summed E-state index contributed by atoms with van der Waals surface area (Å²) in [5.74, 6) is -5.89. The first-order chi connectivity index (χ1) is 14.4. The molecule has 158 valence electrons. The molecule has 2 aromatic carbocycles. The van der Waals surface area contributed by atoms with Gasteiger partial charge in [0.15, 0.2) is 11.6 Å². The van der Waals surface area contributed by atoms with Crippen LogP contribution in [0.15, 0.2) is 48.5 Å². The number of ether oxygens (including phenoxy) is 2. The molecular weight excluding hydrogens is 396 g/mol. The van der Waals surface area contributed by atoms with Crippen molar-refractivity contribution in [2.24, 2.45) is 0 Å². The van der Waals surface area contributed by atoms with Crippen molar-refractivity contribution in [3.63, 3.8) is 0 Å². The van der Waals surface area contributed by atoms with Gasteiger partial charge in [0.2, 0.25) is 11.4 Å². The van der Waals surface area contributed by atoms with Crippen LogP contribution in [0.1, 0.15) is 31.7 Å². The molecule has 1 aliphatic rings. The molecule has 1 amide bonds. The standard InChI is InChI=1S/C22H21F2NO5/c1-3-29-20(27)22(21(28)30-4-2)16(14-8-6-5-7-9-14)13-19(26)25(22)15-10-11-17(23)18(24)12-15/h5-12,16H,3-4,13H2,1-2H3. The van der Waals surface area contributed by atoms with Crippen LogP contribution in [0.4, 0.5) is 14.5 Å². The van der Waals surface area contributed by atoms with Gasteiger partial charge in [-0.15, -0.1) is 0 Å². The minimum Gasteiger partial charge on any atom is -0.464 e. The van der Waals surface area contributed by atoms with Crippen LogP contribution in [-0.4, -0.2) is 36.6 Å². The largest absolute Gasteiger partial charge is 0.464 e. The number of carbonyl (C=O) groups excluding carboxylic acids is 3. The number of nitrogens with zero attached hydrogens (tertiary/aromatic N) is 1. The van der Waals surface area contributed by atoms with Crippen LogP contribution in [0.5, 0.6) is 0 Å². The zero-order valence-electron chi connectivity index (χ0n) is 16.6. The molecule has 1 unspecified atom stereocenters. The lowest BCUT2D eigenvalue weighted by atomic mass is 9.79. The predicted octanol–water partition coefficient (Wildman–Crippen LogP) is 3.35. The van der Waals surface area contributed by atoms with Crippen molar-refractivity contribution in [2.45, 2.75) is 31.7 Å². The number of esters is 2. The first-order valence-corrected chi connectivity index (χ1v) is 9.55. The van der Waals surface area contributed by atoms with Gasteiger partial charge in [-0.1, -0.05) is 30.3 Å². The summed E-state index contributed by atoms with van der Waals surface area (Å²) < 4.78 is 37.9. The van der Waals surface area contributed by atoms with Crippen LogP contribution in [-0.2, 0) is 23.9 Å². The molecule has 1 saturated heterocycles. The van der Waals surface area contributed by atoms with E-state index in [1.165, 1.54) is 0 Å². The third-order valence-corrected chi connectivity index (χ3v) is 5.02. The Kier molecular flexibility index (Phi) is 6.14. The monoisotopic (exact) mass is 417 g/mol. The fraction of sp³-hybridized carbons (Fsp3) is 0.318. The molecule has 6 nitrogen and oxygen atoms in total. The van der Waals surface area contributed by atoms with Crippen LogP contribution in [0.3, 0.4) is 0 Å². The Balaban J connectivity index is 2.29. The van der Waals surface area contributed by atoms with Crippen LogP contribution in [0.25, 0.3) is 0 Å². The minimum absolute atomic E-state index is 0.0543. The summed E-state index contributed by atoms with van der Waals surface area (Å²) in [5.41, 5.74) is -1.81. The zero-order valence-corrected chi connectivity index (χ0v) is 16.6. The highest BCUT2D eigenvalue weighted by Gasteiger charge is 2.66. The molecule has 1 atom stereocenters. The maximum Gasteiger partial charge on any atom is 0.344 e. The van der Waals surface area contributed by atoms with E-state index in [9.17, 15) is 23.2 Å². The summed E-state index contributed by atoms with van der Waals surface area (Å²) >= 11 is 0. The molecular formula is C22H21F2NO5. The van der Waals surface area contributed by atoms with E-state index in [-0.39, 0.29) is 25.3 Å². The Morgan fingerprint density at radius 1 is 1.00 bits per heavy atom. The maximum absolute atomic E-state index is 14.0. The van der Waals surface area contributed by atoms with Gasteiger partial charge in [-0.25, -0.2) is 18.4 Å². The molecule has 1 fully saturated rings. The number of rotatable bonds is 6. The maximum atomic E-state index is 14.0. The lowest BCUT2D eigenvalue weighted by Gasteiger charge is -2.37. The Hall–Kier alpha value is -3.29. The molecule has 0 spiro atoms. The first kappa shape index (κ1) is 21.4. The van der Waals surface area contributed by atoms with Gasteiger partial charge in [0.1, 0.15) is 0 Å². The lowest BCUT2D eigenvalue weighted by molar-refractivity contribution is -0.165. The van der Waals surface area contributed by atoms with Crippen LogP contribution in [0, 0.1) is 11.6 Å². The van der Waals surface area contributed by atoms with Crippen LogP contribution in [0.2, 0.25) is 0 Å². The summed E-state index contributed by atoms with van der Waals surface area (Å²) in [6, 6.07) is 11.3. The van der Waals surface area contributed by atoms with Gasteiger partial charge < -0.3 is 9.47 Å². The Morgan fingerprint density at radius 3 is 2.13 bits per heavy atom. The molecule has 0 bridgehead atoms. The van der Waals surface area contributed by atoms with Crippen molar-refractivity contribution in [2.75, 3.05) is 18.1 Å². The fourth-order valence-electron chi connectivity index (χ4n) is 3.81. The van der Waals surface area contributed by atoms with E-state index in [1.54, 1.807) is 44.2 Å². The summed E-state index contributed by atoms with van der Waals surface area (Å²) in [6.07, 6.45) is -0.222. The molecule has 30 heavy (non-hydrogen) atoms. The van der Waals surface area contributed by atoms with Crippen molar-refractivity contribution in [1.29, 1.82) is 0 Å². The fourth-order valence-corrected chi connectivity index (χ4v) is 3.81. The van der Waals surface area contributed by atoms with Crippen molar-refractivity contribution < 1.29 is 32.6 Å². The van der Waals surface area contributed by atoms with Gasteiger partial charge in [-0.05, 0) is 31.5 Å². The number of halogens is 2. The number of amides is 1. The van der Waals surface area contributed by atoms with Crippen molar-refractivity contribution in [3.05, 3.63) is 65.7 Å². The van der Waals surface area contributed by atoms with E-state index in [4.69, 9.17) is 9.47 Å². The summed E-state index contributed by atoms with van der Waals surface area (Å²) in [7, 11) is 0. The molecule has 0 aromatic heterocycles. The Bertz CT molecular complexity index is 945. The lowest BCUT2D eigenvalue weighted by Crippen LogP contribution is -2.62. The van der Waals surface area contributed by atoms with Crippen LogP contribution >= 0.6 is 0 Å². The first-order valence-electron chi connectivity index (χ1n) is 9.55. The topological polar surface area (TPSA) is 72.9 Å². The minimum atomic E-state index is -2.21. The van der Waals surface area contributed by atoms with E-state index in [0.717, 1.165) is 23.1 Å². The molecule has 0 saturated carbocycles. The van der Waals surface area contributed by atoms with Crippen LogP contribution < -0.4 is 4.90 Å². The molecule has 8 heteroatoms. The second-order valence-electron chi connectivity index (χ2n) is 6.70. The molecule has 0 N–H and O–H groups in total. The van der Waals surface area contributed by atoms with Crippen molar-refractivity contribution in [3.8, 4) is 0 Å². The average molecular weight is 417 g/mol. The van der Waals surface area contributed by atoms with E-state index in [2.05, 4.69) is 0 Å². The van der Waals surface area contributed by atoms with E-state index >= 15 is 0 Å². The number of benzene rings is 2. The van der Waals surface area contributed by atoms with Gasteiger partial charge >= 0.3 is 11.9 Å². The second-order valence-corrected chi connectivity index (χ2v) is 6.70. The molecule has 0 aliphatic carbocycles. The van der Waals surface area contributed by atoms with Gasteiger partial charge in [0.25, 0.3) is 0 Å². The van der Waals surface area contributed by atoms with Gasteiger partial charge in [0.05, 0.1) is 13.2 Å². The van der Waals surface area contributed by atoms with Crippen molar-refractivity contribution >= 4 is 23.5 Å². The van der Waals surface area contributed by atoms with E-state index in [1.807, 2.05) is 0 Å². The third-order valence-electron chi connectivity index (χ3n) is 5.02. The zero-order chi connectivity index (χ0) is 21.9. The SMILES string of the molecule is CCOC(=O)C1(C(=O)OCC)C(c2ccccc2)CC(=O)N1c1ccc(F)c(F)c1. The summed E-state index contributed by atoms with van der Waals surface area (Å²) in [5, 5.41) is 0. The number of hydrogen-bond acceptors (Lipinski definition) is 5. The van der Waals surface area contributed by atoms with Gasteiger partial charge in [-0.2, -0.15) is 0 Å². The quantitative estimate of drug-likeness (QED) is 0.532. The Morgan fingerprint density at radius 2 is 1.60 bits per heavy atom. The van der Waals surface area contributed by atoms with Crippen molar-refractivity contribution in [1.82, 2.24) is 0 Å². The molecule has 3 rings (SSSR count). The molecule has 1 aliphatic heterocycles.